The van der Waals surface area contributed by atoms with Gasteiger partial charge in [0.2, 0.25) is 0 Å². The number of hydrogen-bond acceptors (Lipinski definition) is 3. The number of nitrogens with two attached hydrogens (primary N) is 1. The fraction of sp³-hybridized carbons (Fsp3) is 0.125. The second-order valence-electron chi connectivity index (χ2n) is 2.37. The molecule has 5 heteroatoms. The fourth-order valence-electron chi connectivity index (χ4n) is 0.944. The summed E-state index contributed by atoms with van der Waals surface area (Å²) in [4.78, 5) is 21.9. The van der Waals surface area contributed by atoms with E-state index in [1.54, 1.807) is 30.3 Å². The zero-order chi connectivity index (χ0) is 9.68. The Kier molecular flexibility index (Phi) is 2.97. The predicted molar refractivity (Wildman–Crippen MR) is 49.2 cm³/mol. The van der Waals surface area contributed by atoms with Gasteiger partial charge in [0, 0.05) is 5.69 Å². The van der Waals surface area contributed by atoms with Crippen LogP contribution in [-0.4, -0.2) is 12.7 Å². The Morgan fingerprint density at radius 2 is 2.00 bits per heavy atom. The van der Waals surface area contributed by atoms with Gasteiger partial charge in [0.1, 0.15) is 0 Å². The lowest BCUT2D eigenvalue weighted by Gasteiger charge is -2.15. The van der Waals surface area contributed by atoms with Crippen molar-refractivity contribution in [2.75, 3.05) is 11.6 Å². The molecule has 0 saturated heterocycles. The number of rotatable bonds is 3. The standard InChI is InChI=1S/C8H9N3O2/c9-8(12)11(6-10-13)7-4-2-1-3-5-7/h1-5H,6H2,(H2,9,12). The summed E-state index contributed by atoms with van der Waals surface area (Å²) in [5, 5.41) is 2.61. The van der Waals surface area contributed by atoms with Gasteiger partial charge in [-0.2, -0.15) is 0 Å². The van der Waals surface area contributed by atoms with Crippen LogP contribution in [0, 0.1) is 4.91 Å². The van der Waals surface area contributed by atoms with Gasteiger partial charge in [-0.25, -0.2) is 4.79 Å². The highest BCUT2D eigenvalue weighted by molar-refractivity contribution is 5.90. The minimum absolute atomic E-state index is 0.265. The highest BCUT2D eigenvalue weighted by Gasteiger charge is 2.10. The predicted octanol–water partition coefficient (Wildman–Crippen LogP) is 1.30. The molecule has 0 aliphatic carbocycles. The van der Waals surface area contributed by atoms with Gasteiger partial charge in [-0.3, -0.25) is 4.90 Å². The van der Waals surface area contributed by atoms with Crippen molar-refractivity contribution in [1.82, 2.24) is 0 Å². The van der Waals surface area contributed by atoms with Crippen LogP contribution in [0.2, 0.25) is 0 Å². The molecule has 0 fully saturated rings. The van der Waals surface area contributed by atoms with Crippen LogP contribution in [0.25, 0.3) is 0 Å². The van der Waals surface area contributed by atoms with Crippen LogP contribution in [0.4, 0.5) is 10.5 Å². The maximum atomic E-state index is 10.8. The lowest BCUT2D eigenvalue weighted by molar-refractivity contribution is 0.254. The van der Waals surface area contributed by atoms with Crippen molar-refractivity contribution in [3.8, 4) is 0 Å². The number of urea groups is 1. The Bertz CT molecular complexity index is 300. The van der Waals surface area contributed by atoms with E-state index >= 15 is 0 Å². The maximum Gasteiger partial charge on any atom is 0.320 e. The minimum Gasteiger partial charge on any atom is -0.351 e. The van der Waals surface area contributed by atoms with Crippen molar-refractivity contribution in [3.63, 3.8) is 0 Å². The third-order valence-electron chi connectivity index (χ3n) is 1.53. The van der Waals surface area contributed by atoms with E-state index in [0.29, 0.717) is 5.69 Å². The maximum absolute atomic E-state index is 10.8. The number of nitroso groups, excluding NO2 is 1. The van der Waals surface area contributed by atoms with Gasteiger partial charge in [-0.15, -0.1) is 4.91 Å². The summed E-state index contributed by atoms with van der Waals surface area (Å²) in [6, 6.07) is 7.96. The summed E-state index contributed by atoms with van der Waals surface area (Å²) in [5.41, 5.74) is 5.61. The van der Waals surface area contributed by atoms with E-state index in [2.05, 4.69) is 5.18 Å². The smallest absolute Gasteiger partial charge is 0.320 e. The summed E-state index contributed by atoms with van der Waals surface area (Å²) in [7, 11) is 0. The summed E-state index contributed by atoms with van der Waals surface area (Å²) in [5.74, 6) is 0. The van der Waals surface area contributed by atoms with Gasteiger partial charge in [0.25, 0.3) is 0 Å². The Balaban J connectivity index is 2.88. The molecule has 0 atom stereocenters. The third kappa shape index (κ3) is 2.26. The number of hydrogen-bond donors (Lipinski definition) is 1. The van der Waals surface area contributed by atoms with Gasteiger partial charge in [0.05, 0.1) is 0 Å². The molecule has 1 aromatic rings. The Morgan fingerprint density at radius 1 is 1.38 bits per heavy atom. The van der Waals surface area contributed by atoms with Crippen LogP contribution in [0.15, 0.2) is 35.5 Å². The molecular weight excluding hydrogens is 170 g/mol. The molecule has 1 aromatic carbocycles. The largest absolute Gasteiger partial charge is 0.351 e. The van der Waals surface area contributed by atoms with Crippen LogP contribution in [-0.2, 0) is 0 Å². The van der Waals surface area contributed by atoms with Crippen molar-refractivity contribution in [2.45, 2.75) is 0 Å². The molecule has 0 aliphatic heterocycles. The van der Waals surface area contributed by atoms with E-state index in [1.165, 1.54) is 0 Å². The number of amides is 2. The summed E-state index contributed by atoms with van der Waals surface area (Å²) < 4.78 is 0. The second-order valence-corrected chi connectivity index (χ2v) is 2.37. The number of carbonyl (C=O) groups excluding carboxylic acids is 1. The van der Waals surface area contributed by atoms with E-state index < -0.39 is 6.03 Å². The molecule has 1 rings (SSSR count). The summed E-state index contributed by atoms with van der Waals surface area (Å²) in [6.45, 7) is -0.265. The molecule has 0 bridgehead atoms. The van der Waals surface area contributed by atoms with Gasteiger partial charge in [0.15, 0.2) is 6.67 Å². The summed E-state index contributed by atoms with van der Waals surface area (Å²) in [6.07, 6.45) is 0. The Morgan fingerprint density at radius 3 is 2.46 bits per heavy atom. The topological polar surface area (TPSA) is 75.8 Å². The van der Waals surface area contributed by atoms with Crippen LogP contribution < -0.4 is 10.6 Å². The number of anilines is 1. The van der Waals surface area contributed by atoms with Crippen molar-refractivity contribution < 1.29 is 4.79 Å². The van der Waals surface area contributed by atoms with Crippen molar-refractivity contribution in [2.24, 2.45) is 10.9 Å². The number of carbonyl (C=O) groups is 1. The van der Waals surface area contributed by atoms with E-state index in [0.717, 1.165) is 4.90 Å². The molecular formula is C8H9N3O2. The number of nitrogens with zero attached hydrogens (tertiary/aromatic N) is 2. The first-order valence-electron chi connectivity index (χ1n) is 3.67. The Labute approximate surface area is 75.1 Å². The van der Waals surface area contributed by atoms with Crippen LogP contribution in [0.3, 0.4) is 0 Å². The molecule has 0 radical (unpaired) electrons. The normalized spacial score (nSPS) is 9.23. The second kappa shape index (κ2) is 4.20. The SMILES string of the molecule is NC(=O)N(CN=O)c1ccccc1. The molecule has 0 aromatic heterocycles. The van der Waals surface area contributed by atoms with Crippen LogP contribution in [0.1, 0.15) is 0 Å². The molecule has 0 unspecified atom stereocenters. The molecule has 0 aliphatic rings. The van der Waals surface area contributed by atoms with Crippen molar-refractivity contribution in [3.05, 3.63) is 35.2 Å². The highest BCUT2D eigenvalue weighted by atomic mass is 16.3. The zero-order valence-corrected chi connectivity index (χ0v) is 6.88. The monoisotopic (exact) mass is 179 g/mol. The van der Waals surface area contributed by atoms with E-state index in [-0.39, 0.29) is 6.67 Å². The molecule has 5 nitrogen and oxygen atoms in total. The molecule has 0 spiro atoms. The first kappa shape index (κ1) is 9.18. The molecule has 0 heterocycles. The van der Waals surface area contributed by atoms with E-state index in [9.17, 15) is 9.70 Å². The van der Waals surface area contributed by atoms with Gasteiger partial charge < -0.3 is 5.73 Å². The van der Waals surface area contributed by atoms with Crippen LogP contribution >= 0.6 is 0 Å². The van der Waals surface area contributed by atoms with E-state index in [1.807, 2.05) is 0 Å². The average Bonchev–Trinajstić information content (AvgIpc) is 2.15. The number of benzene rings is 1. The average molecular weight is 179 g/mol. The minimum atomic E-state index is -0.689. The van der Waals surface area contributed by atoms with Gasteiger partial charge >= 0.3 is 6.03 Å². The highest BCUT2D eigenvalue weighted by Crippen LogP contribution is 2.12. The Hall–Kier alpha value is -1.91. The van der Waals surface area contributed by atoms with Gasteiger partial charge in [-0.05, 0) is 17.3 Å². The molecule has 2 N–H and O–H groups in total. The lowest BCUT2D eigenvalue weighted by Crippen LogP contribution is -2.35. The third-order valence-corrected chi connectivity index (χ3v) is 1.53. The first-order chi connectivity index (χ1) is 6.25. The molecule has 0 saturated carbocycles. The molecule has 68 valence electrons. The fourth-order valence-corrected chi connectivity index (χ4v) is 0.944. The molecule has 2 amide bonds. The quantitative estimate of drug-likeness (QED) is 0.710. The summed E-state index contributed by atoms with van der Waals surface area (Å²) >= 11 is 0. The van der Waals surface area contributed by atoms with Crippen LogP contribution in [0.5, 0.6) is 0 Å². The van der Waals surface area contributed by atoms with Crippen molar-refractivity contribution >= 4 is 11.7 Å². The first-order valence-corrected chi connectivity index (χ1v) is 3.67. The number of para-hydroxylation sites is 1. The van der Waals surface area contributed by atoms with E-state index in [4.69, 9.17) is 5.73 Å². The van der Waals surface area contributed by atoms with Crippen molar-refractivity contribution in [1.29, 1.82) is 0 Å². The van der Waals surface area contributed by atoms with Gasteiger partial charge in [-0.1, -0.05) is 18.2 Å². The molecule has 13 heavy (non-hydrogen) atoms. The number of primary amides is 1. The lowest BCUT2D eigenvalue weighted by atomic mass is 10.3. The zero-order valence-electron chi connectivity index (χ0n) is 6.88.